The third kappa shape index (κ3) is 2.43. The molecule has 0 aliphatic carbocycles. The van der Waals surface area contributed by atoms with Crippen molar-refractivity contribution in [3.05, 3.63) is 34.1 Å². The standard InChI is InChI=1S/C13H13F3N2O2/c1-18(2)10-4-7-8(13(14,15)16)5-12(19)17-9(7)6-11(10)20-3/h4-6H,1-3H3,(H,17,19). The molecule has 1 aromatic carbocycles. The normalized spacial score (nSPS) is 11.7. The first-order chi connectivity index (χ1) is 9.24. The van der Waals surface area contributed by atoms with Gasteiger partial charge in [-0.25, -0.2) is 0 Å². The van der Waals surface area contributed by atoms with Crippen molar-refractivity contribution in [2.24, 2.45) is 0 Å². The maximum absolute atomic E-state index is 13.0. The second kappa shape index (κ2) is 4.73. The van der Waals surface area contributed by atoms with E-state index in [-0.39, 0.29) is 10.9 Å². The zero-order valence-corrected chi connectivity index (χ0v) is 11.1. The molecule has 0 radical (unpaired) electrons. The van der Waals surface area contributed by atoms with E-state index in [1.807, 2.05) is 0 Å². The van der Waals surface area contributed by atoms with E-state index in [1.54, 1.807) is 19.0 Å². The predicted octanol–water partition coefficient (Wildman–Crippen LogP) is 2.62. The number of benzene rings is 1. The van der Waals surface area contributed by atoms with E-state index in [0.29, 0.717) is 17.5 Å². The first kappa shape index (κ1) is 14.2. The Balaban J connectivity index is 2.89. The lowest BCUT2D eigenvalue weighted by Crippen LogP contribution is -2.15. The minimum atomic E-state index is -4.59. The van der Waals surface area contributed by atoms with E-state index in [2.05, 4.69) is 4.98 Å². The molecule has 1 aromatic heterocycles. The quantitative estimate of drug-likeness (QED) is 0.923. The molecule has 2 rings (SSSR count). The van der Waals surface area contributed by atoms with Crippen LogP contribution in [0.1, 0.15) is 5.56 Å². The SMILES string of the molecule is COc1cc2[nH]c(=O)cc(C(F)(F)F)c2cc1N(C)C. The third-order valence-corrected chi connectivity index (χ3v) is 2.93. The van der Waals surface area contributed by atoms with Crippen LogP contribution >= 0.6 is 0 Å². The molecule has 1 N–H and O–H groups in total. The van der Waals surface area contributed by atoms with Gasteiger partial charge in [0.2, 0.25) is 5.56 Å². The number of halogens is 3. The van der Waals surface area contributed by atoms with Gasteiger partial charge in [-0.15, -0.1) is 0 Å². The Labute approximate surface area is 112 Å². The lowest BCUT2D eigenvalue weighted by molar-refractivity contribution is -0.136. The molecule has 0 fully saturated rings. The van der Waals surface area contributed by atoms with Gasteiger partial charge < -0.3 is 14.6 Å². The number of ether oxygens (including phenoxy) is 1. The van der Waals surface area contributed by atoms with Gasteiger partial charge in [-0.05, 0) is 6.07 Å². The molecule has 2 aromatic rings. The Hall–Kier alpha value is -2.18. The van der Waals surface area contributed by atoms with Crippen molar-refractivity contribution < 1.29 is 17.9 Å². The molecule has 0 spiro atoms. The summed E-state index contributed by atoms with van der Waals surface area (Å²) in [6.45, 7) is 0. The number of hydrogen-bond acceptors (Lipinski definition) is 3. The summed E-state index contributed by atoms with van der Waals surface area (Å²) in [6, 6.07) is 3.31. The fourth-order valence-electron chi connectivity index (χ4n) is 2.02. The van der Waals surface area contributed by atoms with E-state index < -0.39 is 17.3 Å². The minimum Gasteiger partial charge on any atom is -0.495 e. The molecule has 0 bridgehead atoms. The molecule has 0 amide bonds. The van der Waals surface area contributed by atoms with Crippen LogP contribution in [0.3, 0.4) is 0 Å². The molecule has 0 atom stereocenters. The average Bonchev–Trinajstić information content (AvgIpc) is 2.34. The maximum atomic E-state index is 13.0. The molecule has 20 heavy (non-hydrogen) atoms. The second-order valence-electron chi connectivity index (χ2n) is 4.51. The van der Waals surface area contributed by atoms with E-state index >= 15 is 0 Å². The Morgan fingerprint density at radius 3 is 2.35 bits per heavy atom. The Morgan fingerprint density at radius 2 is 1.85 bits per heavy atom. The van der Waals surface area contributed by atoms with Crippen LogP contribution in [0.25, 0.3) is 10.9 Å². The number of nitrogens with zero attached hydrogens (tertiary/aromatic N) is 1. The van der Waals surface area contributed by atoms with E-state index in [0.717, 1.165) is 0 Å². The maximum Gasteiger partial charge on any atom is 0.417 e. The van der Waals surface area contributed by atoms with Crippen LogP contribution in [0.15, 0.2) is 23.0 Å². The fraction of sp³-hybridized carbons (Fsp3) is 0.308. The van der Waals surface area contributed by atoms with E-state index in [9.17, 15) is 18.0 Å². The van der Waals surface area contributed by atoms with Crippen LogP contribution in [-0.2, 0) is 6.18 Å². The molecule has 0 aliphatic heterocycles. The molecule has 0 saturated carbocycles. The Bertz CT molecular complexity index is 705. The highest BCUT2D eigenvalue weighted by molar-refractivity contribution is 5.89. The van der Waals surface area contributed by atoms with Crippen LogP contribution < -0.4 is 15.2 Å². The molecular weight excluding hydrogens is 273 g/mol. The van der Waals surface area contributed by atoms with Crippen LogP contribution in [0.5, 0.6) is 5.75 Å². The lowest BCUT2D eigenvalue weighted by atomic mass is 10.1. The molecule has 108 valence electrons. The van der Waals surface area contributed by atoms with Crippen molar-refractivity contribution in [2.75, 3.05) is 26.1 Å². The summed E-state index contributed by atoms with van der Waals surface area (Å²) in [4.78, 5) is 15.4. The molecular formula is C13H13F3N2O2. The van der Waals surface area contributed by atoms with Crippen molar-refractivity contribution in [1.82, 2.24) is 4.98 Å². The number of anilines is 1. The van der Waals surface area contributed by atoms with Crippen molar-refractivity contribution in [3.8, 4) is 5.75 Å². The molecule has 1 heterocycles. The summed E-state index contributed by atoms with van der Waals surface area (Å²) in [5.74, 6) is 0.387. The summed E-state index contributed by atoms with van der Waals surface area (Å²) in [7, 11) is 4.81. The molecule has 0 saturated heterocycles. The van der Waals surface area contributed by atoms with Gasteiger partial charge in [-0.3, -0.25) is 4.79 Å². The number of fused-ring (bicyclic) bond motifs is 1. The number of methoxy groups -OCH3 is 1. The molecule has 0 aliphatic rings. The van der Waals surface area contributed by atoms with Gasteiger partial charge in [0.15, 0.2) is 0 Å². The van der Waals surface area contributed by atoms with Crippen molar-refractivity contribution in [3.63, 3.8) is 0 Å². The van der Waals surface area contributed by atoms with Crippen molar-refractivity contribution in [1.29, 1.82) is 0 Å². The average molecular weight is 286 g/mol. The number of aromatic nitrogens is 1. The van der Waals surface area contributed by atoms with Crippen LogP contribution in [-0.4, -0.2) is 26.2 Å². The molecule has 0 unspecified atom stereocenters. The lowest BCUT2D eigenvalue weighted by Gasteiger charge is -2.19. The minimum absolute atomic E-state index is 0.0680. The number of aromatic amines is 1. The first-order valence-electron chi connectivity index (χ1n) is 5.73. The van der Waals surface area contributed by atoms with Gasteiger partial charge in [-0.2, -0.15) is 13.2 Å². The Morgan fingerprint density at radius 1 is 1.20 bits per heavy atom. The van der Waals surface area contributed by atoms with Crippen LogP contribution in [0.4, 0.5) is 18.9 Å². The molecule has 7 heteroatoms. The van der Waals surface area contributed by atoms with Gasteiger partial charge in [0, 0.05) is 31.6 Å². The number of pyridine rings is 1. The van der Waals surface area contributed by atoms with Crippen LogP contribution in [0, 0.1) is 0 Å². The number of nitrogens with one attached hydrogen (secondary N) is 1. The Kier molecular flexibility index (Phi) is 3.37. The number of hydrogen-bond donors (Lipinski definition) is 1. The smallest absolute Gasteiger partial charge is 0.417 e. The predicted molar refractivity (Wildman–Crippen MR) is 70.4 cm³/mol. The van der Waals surface area contributed by atoms with E-state index in [4.69, 9.17) is 4.74 Å². The highest BCUT2D eigenvalue weighted by Gasteiger charge is 2.33. The summed E-state index contributed by atoms with van der Waals surface area (Å²) in [5.41, 5.74) is -1.17. The van der Waals surface area contributed by atoms with Crippen molar-refractivity contribution in [2.45, 2.75) is 6.18 Å². The van der Waals surface area contributed by atoms with Crippen molar-refractivity contribution >= 4 is 16.6 Å². The third-order valence-electron chi connectivity index (χ3n) is 2.93. The number of rotatable bonds is 2. The number of alkyl halides is 3. The van der Waals surface area contributed by atoms with Gasteiger partial charge >= 0.3 is 6.18 Å². The summed E-state index contributed by atoms with van der Waals surface area (Å²) in [6.07, 6.45) is -4.59. The van der Waals surface area contributed by atoms with Gasteiger partial charge in [0.05, 0.1) is 23.9 Å². The zero-order valence-electron chi connectivity index (χ0n) is 11.1. The second-order valence-corrected chi connectivity index (χ2v) is 4.51. The summed E-state index contributed by atoms with van der Waals surface area (Å²) >= 11 is 0. The van der Waals surface area contributed by atoms with Gasteiger partial charge in [0.25, 0.3) is 0 Å². The van der Waals surface area contributed by atoms with Gasteiger partial charge in [-0.1, -0.05) is 0 Å². The highest BCUT2D eigenvalue weighted by atomic mass is 19.4. The fourth-order valence-corrected chi connectivity index (χ4v) is 2.02. The van der Waals surface area contributed by atoms with Crippen LogP contribution in [0.2, 0.25) is 0 Å². The van der Waals surface area contributed by atoms with Gasteiger partial charge in [0.1, 0.15) is 5.75 Å². The first-order valence-corrected chi connectivity index (χ1v) is 5.73. The topological polar surface area (TPSA) is 45.3 Å². The number of H-pyrrole nitrogens is 1. The highest BCUT2D eigenvalue weighted by Crippen LogP contribution is 2.37. The summed E-state index contributed by atoms with van der Waals surface area (Å²) in [5, 5.41) is -0.0680. The summed E-state index contributed by atoms with van der Waals surface area (Å²) < 4.78 is 44.2. The largest absolute Gasteiger partial charge is 0.495 e. The zero-order chi connectivity index (χ0) is 15.1. The van der Waals surface area contributed by atoms with E-state index in [1.165, 1.54) is 19.2 Å². The molecule has 4 nitrogen and oxygen atoms in total. The monoisotopic (exact) mass is 286 g/mol.